The predicted molar refractivity (Wildman–Crippen MR) is 104 cm³/mol. The van der Waals surface area contributed by atoms with Crippen molar-refractivity contribution >= 4 is 42.0 Å². The molecule has 0 saturated carbocycles. The first-order chi connectivity index (χ1) is 13.1. The summed E-state index contributed by atoms with van der Waals surface area (Å²) < 4.78 is 12.0. The summed E-state index contributed by atoms with van der Waals surface area (Å²) in [6.07, 6.45) is 3.17. The van der Waals surface area contributed by atoms with E-state index in [1.807, 2.05) is 27.7 Å². The van der Waals surface area contributed by atoms with Crippen LogP contribution in [-0.2, 0) is 18.9 Å². The second kappa shape index (κ2) is 7.49. The molecule has 2 saturated heterocycles. The third-order valence-corrected chi connectivity index (χ3v) is 5.80. The number of alkyl halides is 1. The number of hydrogen-bond acceptors (Lipinski definition) is 7. The number of hydrogen-bond donors (Lipinski definition) is 1. The summed E-state index contributed by atoms with van der Waals surface area (Å²) in [6.45, 7) is 8.53. The zero-order valence-corrected chi connectivity index (χ0v) is 17.1. The molecule has 1 atom stereocenters. The molecule has 152 valence electrons. The fourth-order valence-electron chi connectivity index (χ4n) is 3.13. The first kappa shape index (κ1) is 20.8. The number of nitrogens with zero attached hydrogens (tertiary/aromatic N) is 4. The number of carbonyl (C=O) groups excluding carboxylic acids is 1. The van der Waals surface area contributed by atoms with Gasteiger partial charge in [0, 0.05) is 30.9 Å². The molecule has 1 aromatic heterocycles. The molecule has 0 bridgehead atoms. The van der Waals surface area contributed by atoms with Gasteiger partial charge in [-0.25, -0.2) is 14.8 Å². The lowest BCUT2D eigenvalue weighted by atomic mass is 9.81. The van der Waals surface area contributed by atoms with Crippen molar-refractivity contribution in [2.75, 3.05) is 30.4 Å². The van der Waals surface area contributed by atoms with Gasteiger partial charge in [-0.05, 0) is 27.7 Å². The van der Waals surface area contributed by atoms with E-state index >= 15 is 0 Å². The van der Waals surface area contributed by atoms with Crippen LogP contribution in [0.15, 0.2) is 12.4 Å². The van der Waals surface area contributed by atoms with E-state index in [1.165, 1.54) is 4.90 Å². The van der Waals surface area contributed by atoms with Crippen LogP contribution in [-0.4, -0.2) is 81.7 Å². The minimum absolute atomic E-state index is 0.0310. The number of piperazine rings is 1. The van der Waals surface area contributed by atoms with E-state index in [-0.39, 0.29) is 24.3 Å². The maximum absolute atomic E-state index is 11.8. The lowest BCUT2D eigenvalue weighted by Gasteiger charge is -2.39. The van der Waals surface area contributed by atoms with E-state index in [1.54, 1.807) is 17.3 Å². The van der Waals surface area contributed by atoms with E-state index in [0.717, 1.165) is 0 Å². The average Bonchev–Trinajstić information content (AvgIpc) is 2.88. The SMILES string of the molecule is CC1(C)OB(c2cnc(N3CCN(C(=O)CCl)C[C@H]3C(=O)O)nc2)OC1(C)C. The second-order valence-electron chi connectivity index (χ2n) is 7.93. The molecule has 1 amide bonds. The third kappa shape index (κ3) is 3.81. The van der Waals surface area contributed by atoms with Crippen molar-refractivity contribution in [1.29, 1.82) is 0 Å². The van der Waals surface area contributed by atoms with E-state index in [0.29, 0.717) is 18.6 Å². The van der Waals surface area contributed by atoms with Crippen LogP contribution in [0.25, 0.3) is 0 Å². The molecule has 2 fully saturated rings. The molecule has 2 aliphatic heterocycles. The van der Waals surface area contributed by atoms with Crippen LogP contribution < -0.4 is 10.4 Å². The number of aromatic nitrogens is 2. The van der Waals surface area contributed by atoms with Crippen LogP contribution in [0.4, 0.5) is 5.95 Å². The number of aliphatic carboxylic acids is 1. The summed E-state index contributed by atoms with van der Waals surface area (Å²) in [5.41, 5.74) is -0.295. The number of carboxylic acid groups (broad SMARTS) is 1. The number of carboxylic acids is 1. The highest BCUT2D eigenvalue weighted by atomic mass is 35.5. The molecule has 1 N–H and O–H groups in total. The van der Waals surface area contributed by atoms with E-state index in [2.05, 4.69) is 9.97 Å². The Kier molecular flexibility index (Phi) is 5.57. The van der Waals surface area contributed by atoms with Crippen molar-refractivity contribution < 1.29 is 24.0 Å². The van der Waals surface area contributed by atoms with Crippen molar-refractivity contribution in [3.05, 3.63) is 12.4 Å². The Balaban J connectivity index is 1.76. The normalized spacial score (nSPS) is 23.8. The predicted octanol–water partition coefficient (Wildman–Crippen LogP) is 0.116. The van der Waals surface area contributed by atoms with E-state index in [9.17, 15) is 14.7 Å². The Morgan fingerprint density at radius 3 is 2.29 bits per heavy atom. The van der Waals surface area contributed by atoms with Crippen LogP contribution in [0.2, 0.25) is 0 Å². The standard InChI is InChI=1S/C17H24BClN4O5/c1-16(2)17(3,4)28-18(27-16)11-8-20-15(21-9-11)23-6-5-22(13(24)7-19)10-12(23)14(25)26/h8-9,12H,5-7,10H2,1-4H3,(H,25,26)/t12-/m0/s1. The molecule has 0 unspecified atom stereocenters. The highest BCUT2D eigenvalue weighted by Crippen LogP contribution is 2.36. The number of rotatable bonds is 4. The first-order valence-electron chi connectivity index (χ1n) is 9.06. The molecule has 11 heteroatoms. The van der Waals surface area contributed by atoms with Gasteiger partial charge in [0.25, 0.3) is 0 Å². The zero-order chi connectivity index (χ0) is 20.7. The molecule has 28 heavy (non-hydrogen) atoms. The van der Waals surface area contributed by atoms with Gasteiger partial charge in [-0.15, -0.1) is 11.6 Å². The molecule has 1 aromatic rings. The highest BCUT2D eigenvalue weighted by Gasteiger charge is 2.52. The van der Waals surface area contributed by atoms with Crippen molar-refractivity contribution in [2.24, 2.45) is 0 Å². The van der Waals surface area contributed by atoms with Crippen LogP contribution >= 0.6 is 11.6 Å². The van der Waals surface area contributed by atoms with Gasteiger partial charge in [-0.3, -0.25) is 4.79 Å². The molecule has 0 aliphatic carbocycles. The number of halogens is 1. The van der Waals surface area contributed by atoms with Gasteiger partial charge in [0.15, 0.2) is 0 Å². The minimum Gasteiger partial charge on any atom is -0.480 e. The van der Waals surface area contributed by atoms with Crippen molar-refractivity contribution in [2.45, 2.75) is 44.9 Å². The zero-order valence-electron chi connectivity index (χ0n) is 16.4. The van der Waals surface area contributed by atoms with Crippen LogP contribution in [0.1, 0.15) is 27.7 Å². The summed E-state index contributed by atoms with van der Waals surface area (Å²) in [6, 6.07) is -0.941. The Bertz CT molecular complexity index is 744. The van der Waals surface area contributed by atoms with Crippen LogP contribution in [0, 0.1) is 0 Å². The summed E-state index contributed by atoms with van der Waals surface area (Å²) >= 11 is 5.59. The average molecular weight is 411 g/mol. The van der Waals surface area contributed by atoms with Gasteiger partial charge in [-0.2, -0.15) is 0 Å². The third-order valence-electron chi connectivity index (χ3n) is 5.57. The minimum atomic E-state index is -1.05. The maximum atomic E-state index is 11.8. The molecule has 2 aliphatic rings. The molecule has 3 heterocycles. The summed E-state index contributed by atoms with van der Waals surface area (Å²) in [5.74, 6) is -1.23. The summed E-state index contributed by atoms with van der Waals surface area (Å²) in [7, 11) is -0.590. The van der Waals surface area contributed by atoms with Gasteiger partial charge >= 0.3 is 13.1 Å². The smallest absolute Gasteiger partial charge is 0.480 e. The molecule has 3 rings (SSSR count). The molecular formula is C17H24BClN4O5. The Morgan fingerprint density at radius 1 is 1.21 bits per heavy atom. The number of carbonyl (C=O) groups is 2. The maximum Gasteiger partial charge on any atom is 0.498 e. The summed E-state index contributed by atoms with van der Waals surface area (Å²) in [5, 5.41) is 9.58. The topological polar surface area (TPSA) is 105 Å². The van der Waals surface area contributed by atoms with Crippen molar-refractivity contribution in [3.8, 4) is 0 Å². The van der Waals surface area contributed by atoms with E-state index < -0.39 is 30.3 Å². The summed E-state index contributed by atoms with van der Waals surface area (Å²) in [4.78, 5) is 35.2. The second-order valence-corrected chi connectivity index (χ2v) is 8.19. The van der Waals surface area contributed by atoms with Crippen molar-refractivity contribution in [1.82, 2.24) is 14.9 Å². The van der Waals surface area contributed by atoms with Gasteiger partial charge in [0.2, 0.25) is 11.9 Å². The first-order valence-corrected chi connectivity index (χ1v) is 9.60. The van der Waals surface area contributed by atoms with Gasteiger partial charge in [0.05, 0.1) is 17.7 Å². The molecular weight excluding hydrogens is 386 g/mol. The monoisotopic (exact) mass is 410 g/mol. The lowest BCUT2D eigenvalue weighted by molar-refractivity contribution is -0.141. The fraction of sp³-hybridized carbons (Fsp3) is 0.647. The largest absolute Gasteiger partial charge is 0.498 e. The fourth-order valence-corrected chi connectivity index (χ4v) is 3.29. The Morgan fingerprint density at radius 2 is 1.79 bits per heavy atom. The molecule has 9 nitrogen and oxygen atoms in total. The molecule has 0 aromatic carbocycles. The Labute approximate surface area is 169 Å². The van der Waals surface area contributed by atoms with E-state index in [4.69, 9.17) is 20.9 Å². The van der Waals surface area contributed by atoms with Gasteiger partial charge < -0.3 is 24.2 Å². The quantitative estimate of drug-likeness (QED) is 0.551. The number of anilines is 1. The molecule has 0 spiro atoms. The molecule has 0 radical (unpaired) electrons. The van der Waals surface area contributed by atoms with Gasteiger partial charge in [-0.1, -0.05) is 0 Å². The van der Waals surface area contributed by atoms with Crippen LogP contribution in [0.5, 0.6) is 0 Å². The van der Waals surface area contributed by atoms with Crippen LogP contribution in [0.3, 0.4) is 0 Å². The van der Waals surface area contributed by atoms with Crippen molar-refractivity contribution in [3.63, 3.8) is 0 Å². The highest BCUT2D eigenvalue weighted by molar-refractivity contribution is 6.61. The lowest BCUT2D eigenvalue weighted by Crippen LogP contribution is -2.58. The Hall–Kier alpha value is -1.91. The van der Waals surface area contributed by atoms with Gasteiger partial charge in [0.1, 0.15) is 11.9 Å². The number of amides is 1.